The van der Waals surface area contributed by atoms with Gasteiger partial charge >= 0.3 is 31.3 Å². The summed E-state index contributed by atoms with van der Waals surface area (Å²) >= 11 is 12.6. The van der Waals surface area contributed by atoms with Crippen molar-refractivity contribution < 1.29 is 74.8 Å². The summed E-state index contributed by atoms with van der Waals surface area (Å²) in [6.07, 6.45) is -1.09. The van der Waals surface area contributed by atoms with E-state index in [1.54, 1.807) is 32.0 Å². The number of fused-ring (bicyclic) bond motifs is 3. The van der Waals surface area contributed by atoms with Gasteiger partial charge in [-0.2, -0.15) is 17.9 Å². The number of benzene rings is 1. The van der Waals surface area contributed by atoms with E-state index in [1.807, 2.05) is 0 Å². The van der Waals surface area contributed by atoms with Gasteiger partial charge in [-0.15, -0.1) is 0 Å². The Kier molecular flexibility index (Phi) is 10.4. The first-order valence-corrected chi connectivity index (χ1v) is 21.5. The van der Waals surface area contributed by atoms with Crippen LogP contribution in [0.5, 0.6) is 0 Å². The molecule has 0 saturated carbocycles. The van der Waals surface area contributed by atoms with Crippen molar-refractivity contribution in [3.05, 3.63) is 67.7 Å². The summed E-state index contributed by atoms with van der Waals surface area (Å²) in [5.74, 6) is -0.937. The van der Waals surface area contributed by atoms with Crippen molar-refractivity contribution in [1.29, 1.82) is 0 Å². The zero-order valence-corrected chi connectivity index (χ0v) is 32.1. The molecule has 23 nitrogen and oxygen atoms in total. The highest BCUT2D eigenvalue weighted by Gasteiger charge is 2.52. The number of hydrogen-bond acceptors (Lipinski definition) is 16. The number of halogens is 2. The number of nitrogens with zero attached hydrogens (tertiary/aromatic N) is 4. The minimum Gasteiger partial charge on any atom is -0.390 e. The van der Waals surface area contributed by atoms with Crippen LogP contribution in [0.3, 0.4) is 0 Å². The van der Waals surface area contributed by atoms with Gasteiger partial charge in [-0.3, -0.25) is 23.7 Å². The number of allylic oxidation sites excluding steroid dienone is 4. The van der Waals surface area contributed by atoms with Crippen LogP contribution in [0.25, 0.3) is 11.2 Å². The van der Waals surface area contributed by atoms with Gasteiger partial charge in [-0.05, 0) is 23.8 Å². The molecule has 0 amide bonds. The lowest BCUT2D eigenvalue weighted by atomic mass is 9.70. The van der Waals surface area contributed by atoms with E-state index in [0.717, 1.165) is 6.33 Å². The number of phosphoric ester groups is 1. The van der Waals surface area contributed by atoms with Crippen LogP contribution < -0.4 is 11.3 Å². The van der Waals surface area contributed by atoms with E-state index in [-0.39, 0.29) is 32.7 Å². The van der Waals surface area contributed by atoms with Crippen LogP contribution >= 0.6 is 54.5 Å². The molecule has 0 bridgehead atoms. The largest absolute Gasteiger partial charge is 0.490 e. The topological polar surface area (TPSA) is 355 Å². The molecule has 0 spiro atoms. The molecule has 292 valence electrons. The average Bonchev–Trinajstić information content (AvgIpc) is 3.58. The monoisotopic (exact) mass is 876 g/mol. The minimum absolute atomic E-state index is 0.133. The number of nitrogen functional groups attached to an aromatic ring is 1. The third-order valence-corrected chi connectivity index (χ3v) is 14.3. The average molecular weight is 877 g/mol. The molecule has 6 rings (SSSR count). The fourth-order valence-corrected chi connectivity index (χ4v) is 11.3. The number of ketones is 1. The molecule has 0 radical (unpaired) electrons. The van der Waals surface area contributed by atoms with E-state index in [9.17, 15) is 47.6 Å². The van der Waals surface area contributed by atoms with Gasteiger partial charge in [0.05, 0.1) is 40.5 Å². The van der Waals surface area contributed by atoms with Gasteiger partial charge in [0.2, 0.25) is 11.7 Å². The number of aromatic nitrogens is 4. The molecule has 29 heteroatoms. The number of ether oxygens (including phenoxy) is 1. The summed E-state index contributed by atoms with van der Waals surface area (Å²) in [5.41, 5.74) is 3.72. The lowest BCUT2D eigenvalue weighted by Gasteiger charge is -2.38. The Bertz CT molecular complexity index is 2480. The molecule has 3 unspecified atom stereocenters. The molecular weight excluding hydrogens is 851 g/mol. The first-order valence-electron chi connectivity index (χ1n) is 14.7. The number of nitrogens with one attached hydrogen (secondary N) is 1. The predicted molar refractivity (Wildman–Crippen MR) is 184 cm³/mol. The number of aromatic amines is 1. The highest BCUT2D eigenvalue weighted by molar-refractivity contribution is 7.69. The van der Waals surface area contributed by atoms with Gasteiger partial charge < -0.3 is 40.0 Å². The van der Waals surface area contributed by atoms with Crippen LogP contribution in [0.4, 0.5) is 11.6 Å². The number of H-pyrrole nitrogens is 1. The van der Waals surface area contributed by atoms with Gasteiger partial charge in [0.15, 0.2) is 16.9 Å². The molecule has 2 aliphatic heterocycles. The summed E-state index contributed by atoms with van der Waals surface area (Å²) in [4.78, 5) is 87.3. The number of aliphatic hydroxyl groups excluding tert-OH is 1. The van der Waals surface area contributed by atoms with Crippen molar-refractivity contribution in [2.75, 3.05) is 12.3 Å². The van der Waals surface area contributed by atoms with Crippen molar-refractivity contribution in [2.45, 2.75) is 43.6 Å². The van der Waals surface area contributed by atoms with Crippen molar-refractivity contribution in [1.82, 2.24) is 19.5 Å². The zero-order valence-electron chi connectivity index (χ0n) is 27.0. The smallest absolute Gasteiger partial charge is 0.390 e. The summed E-state index contributed by atoms with van der Waals surface area (Å²) in [5, 5.41) is 11.0. The van der Waals surface area contributed by atoms with Gasteiger partial charge in [-0.25, -0.2) is 28.2 Å². The Morgan fingerprint density at radius 3 is 2.35 bits per heavy atom. The Labute approximate surface area is 311 Å². The number of carbonyl (C=O) groups excluding carboxylic acids is 1. The fourth-order valence-electron chi connectivity index (χ4n) is 6.14. The lowest BCUT2D eigenvalue weighted by molar-refractivity contribution is -0.111. The number of hydrogen-bond donors (Lipinski definition) is 8. The SMILES string of the molecule is CC1(C)C2=C(Cl)C(=O)C(Cl)=CC2=Nc2ccc([C@]3(n4cnc5c(=O)[nH]c(N)nc54)C[C@H](O)[C@@H](COP(=O)(O)OP(=O)(O)OP(=O)(O)OP(=O)(O)O)O3)cc21. The van der Waals surface area contributed by atoms with Crippen LogP contribution in [0.1, 0.15) is 31.4 Å². The van der Waals surface area contributed by atoms with Crippen LogP contribution in [0, 0.1) is 0 Å². The molecule has 3 aromatic rings. The molecule has 1 saturated heterocycles. The van der Waals surface area contributed by atoms with Crippen molar-refractivity contribution in [3.8, 4) is 0 Å². The number of imidazole rings is 1. The van der Waals surface area contributed by atoms with Crippen molar-refractivity contribution in [3.63, 3.8) is 0 Å². The number of rotatable bonds is 11. The highest BCUT2D eigenvalue weighted by atomic mass is 35.5. The second kappa shape index (κ2) is 13.7. The lowest BCUT2D eigenvalue weighted by Crippen LogP contribution is -2.37. The molecule has 1 fully saturated rings. The maximum absolute atomic E-state index is 12.7. The first-order chi connectivity index (χ1) is 24.7. The van der Waals surface area contributed by atoms with Crippen LogP contribution in [-0.2, 0) is 56.4 Å². The summed E-state index contributed by atoms with van der Waals surface area (Å²) in [6.45, 7) is 2.43. The quantitative estimate of drug-likeness (QED) is 0.101. The second-order valence-corrected chi connectivity index (χ2v) is 19.0. The number of phosphoric acid groups is 4. The van der Waals surface area contributed by atoms with Gasteiger partial charge in [0, 0.05) is 23.0 Å². The van der Waals surface area contributed by atoms with E-state index in [1.165, 1.54) is 10.6 Å². The molecule has 9 N–H and O–H groups in total. The number of aliphatic imine (C=N–C) groups is 1. The van der Waals surface area contributed by atoms with E-state index >= 15 is 0 Å². The Morgan fingerprint density at radius 2 is 1.69 bits per heavy atom. The van der Waals surface area contributed by atoms with Gasteiger partial charge in [0.1, 0.15) is 6.10 Å². The van der Waals surface area contributed by atoms with Gasteiger partial charge in [-0.1, -0.05) is 43.1 Å². The van der Waals surface area contributed by atoms with Gasteiger partial charge in [0.25, 0.3) is 5.56 Å². The third-order valence-electron chi connectivity index (χ3n) is 8.24. The van der Waals surface area contributed by atoms with Crippen molar-refractivity contribution in [2.24, 2.45) is 4.99 Å². The molecule has 3 aliphatic rings. The maximum atomic E-state index is 12.7. The molecular formula is C25H26Cl2N6O17P4. The third kappa shape index (κ3) is 7.80. The summed E-state index contributed by atoms with van der Waals surface area (Å²) < 4.78 is 70.6. The molecule has 4 heterocycles. The molecule has 6 atom stereocenters. The highest BCUT2D eigenvalue weighted by Crippen LogP contribution is 2.70. The van der Waals surface area contributed by atoms with E-state index in [4.69, 9.17) is 48.0 Å². The van der Waals surface area contributed by atoms with Crippen LogP contribution in [0.15, 0.2) is 56.0 Å². The molecule has 1 aromatic carbocycles. The maximum Gasteiger partial charge on any atom is 0.490 e. The standard InChI is InChI=1S/C25H26Cl2N6O17P4/c1-24(2)11-5-10(3-4-13(11)30-14-6-12(26)20(35)18(27)17(14)24)25(33-9-29-19-21(33)31-23(28)32-22(19)36)7-15(34)16(47-25)8-46-52(40,41)49-54(44,45)50-53(42,43)48-51(37,38)39/h3-6,9,15-16,34H,7-8H2,1-2H3,(H,40,41)(H,42,43)(H,44,45)(H2,37,38,39)(H3,28,31,32,36)/t15-,16+,25-/m0/s1. The minimum atomic E-state index is -6.14. The Morgan fingerprint density at radius 1 is 1.04 bits per heavy atom. The molecule has 2 aromatic heterocycles. The van der Waals surface area contributed by atoms with E-state index < -0.39 is 79.0 Å². The summed E-state index contributed by atoms with van der Waals surface area (Å²) in [6, 6.07) is 4.74. The van der Waals surface area contributed by atoms with Crippen LogP contribution in [0.2, 0.25) is 0 Å². The number of aliphatic hydroxyl groups is 1. The van der Waals surface area contributed by atoms with E-state index in [2.05, 4.69) is 32.9 Å². The molecule has 1 aliphatic carbocycles. The number of carbonyl (C=O) groups is 1. The normalized spacial score (nSPS) is 26.0. The number of anilines is 1. The van der Waals surface area contributed by atoms with Crippen LogP contribution in [-0.4, -0.2) is 79.4 Å². The summed E-state index contributed by atoms with van der Waals surface area (Å²) in [7, 11) is -23.8. The first kappa shape index (κ1) is 40.9. The zero-order chi connectivity index (χ0) is 40.0. The van der Waals surface area contributed by atoms with E-state index in [0.29, 0.717) is 22.5 Å². The Balaban J connectivity index is 1.38. The van der Waals surface area contributed by atoms with Crippen molar-refractivity contribution >= 4 is 88.8 Å². The number of Topliss-reactive ketones (excluding diaryl/α,β-unsaturated/α-hetero) is 1. The Hall–Kier alpha value is -2.75. The fraction of sp³-hybridized carbons (Fsp3) is 0.320. The number of nitrogens with two attached hydrogens (primary N) is 1. The second-order valence-electron chi connectivity index (χ2n) is 12.3. The predicted octanol–water partition coefficient (Wildman–Crippen LogP) is 2.58. The molecule has 54 heavy (non-hydrogen) atoms.